The van der Waals surface area contributed by atoms with Crippen LogP contribution in [0.2, 0.25) is 0 Å². The molecule has 0 aliphatic rings. The minimum atomic E-state index is -0.762. The van der Waals surface area contributed by atoms with Crippen molar-refractivity contribution in [2.75, 3.05) is 13.2 Å². The van der Waals surface area contributed by atoms with Crippen LogP contribution in [0, 0.1) is 0 Å². The van der Waals surface area contributed by atoms with E-state index in [-0.39, 0.29) is 31.1 Å². The maximum absolute atomic E-state index is 12.9. The number of ether oxygens (including phenoxy) is 3. The lowest BCUT2D eigenvalue weighted by Gasteiger charge is -2.18. The molecule has 6 heteroatoms. The molecule has 0 aliphatic carbocycles. The minimum Gasteiger partial charge on any atom is -0.462 e. The predicted octanol–water partition coefficient (Wildman–Crippen LogP) is 25.8. The zero-order valence-corrected chi connectivity index (χ0v) is 55.6. The van der Waals surface area contributed by atoms with Crippen molar-refractivity contribution in [3.8, 4) is 0 Å². The van der Waals surface area contributed by atoms with Crippen molar-refractivity contribution in [1.82, 2.24) is 0 Å². The highest BCUT2D eigenvalue weighted by molar-refractivity contribution is 5.71. The van der Waals surface area contributed by atoms with Gasteiger partial charge in [0, 0.05) is 19.3 Å². The molecule has 0 N–H and O–H groups in total. The second kappa shape index (κ2) is 70.9. The van der Waals surface area contributed by atoms with E-state index >= 15 is 0 Å². The van der Waals surface area contributed by atoms with Crippen LogP contribution in [0.3, 0.4) is 0 Å². The Morgan fingerprint density at radius 1 is 0.198 bits per heavy atom. The summed E-state index contributed by atoms with van der Waals surface area (Å²) in [6.45, 7) is 6.68. The lowest BCUT2D eigenvalue weighted by molar-refractivity contribution is -0.167. The van der Waals surface area contributed by atoms with Crippen molar-refractivity contribution in [2.45, 2.75) is 451 Å². The fraction of sp³-hybridized carbons (Fsp3) is 0.960. The molecule has 0 spiro atoms. The van der Waals surface area contributed by atoms with E-state index in [2.05, 4.69) is 20.8 Å². The molecule has 0 radical (unpaired) electrons. The molecule has 1 unspecified atom stereocenters. The third-order valence-electron chi connectivity index (χ3n) is 17.6. The molecular weight excluding hydrogens is 997 g/mol. The average Bonchev–Trinajstić information content (AvgIpc) is 3.47. The first kappa shape index (κ1) is 79.4. The van der Waals surface area contributed by atoms with E-state index in [4.69, 9.17) is 14.2 Å². The Hall–Kier alpha value is -1.59. The van der Waals surface area contributed by atoms with Gasteiger partial charge in [-0.15, -0.1) is 0 Å². The quantitative estimate of drug-likeness (QED) is 0.0343. The number of esters is 3. The number of rotatable bonds is 71. The first-order valence-corrected chi connectivity index (χ1v) is 37.5. The average molecular weight is 1140 g/mol. The van der Waals surface area contributed by atoms with Crippen LogP contribution < -0.4 is 0 Å². The Kier molecular flexibility index (Phi) is 69.5. The Balaban J connectivity index is 3.90. The van der Waals surface area contributed by atoms with Gasteiger partial charge in [-0.1, -0.05) is 406 Å². The van der Waals surface area contributed by atoms with Gasteiger partial charge in [0.1, 0.15) is 13.2 Å². The molecule has 0 aliphatic heterocycles. The summed E-state index contributed by atoms with van der Waals surface area (Å²) in [5.74, 6) is -0.835. The first-order valence-electron chi connectivity index (χ1n) is 37.5. The second-order valence-corrected chi connectivity index (χ2v) is 25.9. The van der Waals surface area contributed by atoms with E-state index in [9.17, 15) is 14.4 Å². The number of carbonyl (C=O) groups is 3. The smallest absolute Gasteiger partial charge is 0.306 e. The van der Waals surface area contributed by atoms with Gasteiger partial charge in [0.05, 0.1) is 0 Å². The van der Waals surface area contributed by atoms with Gasteiger partial charge in [0.25, 0.3) is 0 Å². The normalized spacial score (nSPS) is 11.9. The fourth-order valence-electron chi connectivity index (χ4n) is 12.0. The van der Waals surface area contributed by atoms with E-state index in [1.54, 1.807) is 0 Å². The van der Waals surface area contributed by atoms with Gasteiger partial charge >= 0.3 is 17.9 Å². The number of hydrogen-bond acceptors (Lipinski definition) is 6. The van der Waals surface area contributed by atoms with Crippen LogP contribution >= 0.6 is 0 Å². The second-order valence-electron chi connectivity index (χ2n) is 25.9. The molecule has 0 aromatic rings. The van der Waals surface area contributed by atoms with Crippen LogP contribution in [0.5, 0.6) is 0 Å². The predicted molar refractivity (Wildman–Crippen MR) is 354 cm³/mol. The minimum absolute atomic E-state index is 0.0615. The molecule has 0 rings (SSSR count). The maximum Gasteiger partial charge on any atom is 0.306 e. The zero-order valence-electron chi connectivity index (χ0n) is 55.6. The highest BCUT2D eigenvalue weighted by Crippen LogP contribution is 2.20. The maximum atomic E-state index is 12.9. The molecule has 0 saturated carbocycles. The standard InChI is InChI=1S/C75H146O6/c1-4-7-10-13-16-18-20-22-24-26-28-30-32-34-36-37-38-39-40-42-43-45-47-49-51-53-55-57-59-62-65-68-74(77)80-71-72(70-79-73(76)67-64-61-15-12-9-6-3)81-75(78)69-66-63-60-58-56-54-52-50-48-46-44-41-35-33-31-29-27-25-23-21-19-17-14-11-8-5-2/h72H,4-71H2,1-3H3. The van der Waals surface area contributed by atoms with Gasteiger partial charge in [0.15, 0.2) is 6.10 Å². The Morgan fingerprint density at radius 3 is 0.494 bits per heavy atom. The Morgan fingerprint density at radius 2 is 0.333 bits per heavy atom. The van der Waals surface area contributed by atoms with E-state index in [1.165, 1.54) is 347 Å². The van der Waals surface area contributed by atoms with Crippen LogP contribution in [0.1, 0.15) is 445 Å². The molecule has 6 nitrogen and oxygen atoms in total. The lowest BCUT2D eigenvalue weighted by atomic mass is 10.0. The molecule has 0 heterocycles. The molecule has 0 aromatic heterocycles. The van der Waals surface area contributed by atoms with Gasteiger partial charge in [0.2, 0.25) is 0 Å². The van der Waals surface area contributed by atoms with E-state index < -0.39 is 6.10 Å². The van der Waals surface area contributed by atoms with Gasteiger partial charge in [-0.2, -0.15) is 0 Å². The summed E-state index contributed by atoms with van der Waals surface area (Å²) in [7, 11) is 0. The van der Waals surface area contributed by atoms with E-state index in [0.29, 0.717) is 19.3 Å². The van der Waals surface area contributed by atoms with Crippen LogP contribution in [0.4, 0.5) is 0 Å². The number of hydrogen-bond donors (Lipinski definition) is 0. The van der Waals surface area contributed by atoms with Crippen LogP contribution in [-0.2, 0) is 28.6 Å². The lowest BCUT2D eigenvalue weighted by Crippen LogP contribution is -2.30. The third-order valence-corrected chi connectivity index (χ3v) is 17.6. The fourth-order valence-corrected chi connectivity index (χ4v) is 12.0. The summed E-state index contributed by atoms with van der Waals surface area (Å²) in [5, 5.41) is 0. The van der Waals surface area contributed by atoms with Crippen molar-refractivity contribution < 1.29 is 28.6 Å². The number of unbranched alkanes of at least 4 members (excludes halogenated alkanes) is 60. The summed E-state index contributed by atoms with van der Waals surface area (Å²) < 4.78 is 16.9. The highest BCUT2D eigenvalue weighted by atomic mass is 16.6. The molecule has 0 amide bonds. The van der Waals surface area contributed by atoms with E-state index in [1.807, 2.05) is 0 Å². The molecular formula is C75H146O6. The van der Waals surface area contributed by atoms with Crippen molar-refractivity contribution in [2.24, 2.45) is 0 Å². The molecule has 1 atom stereocenters. The molecule has 81 heavy (non-hydrogen) atoms. The summed E-state index contributed by atoms with van der Waals surface area (Å²) in [6.07, 6.45) is 85.0. The molecule has 482 valence electrons. The molecule has 0 fully saturated rings. The number of carbonyl (C=O) groups excluding carboxylic acids is 3. The van der Waals surface area contributed by atoms with Crippen LogP contribution in [0.15, 0.2) is 0 Å². The van der Waals surface area contributed by atoms with Gasteiger partial charge < -0.3 is 14.2 Å². The summed E-state index contributed by atoms with van der Waals surface area (Å²) >= 11 is 0. The summed E-state index contributed by atoms with van der Waals surface area (Å²) in [5.41, 5.74) is 0. The van der Waals surface area contributed by atoms with Crippen molar-refractivity contribution >= 4 is 17.9 Å². The van der Waals surface area contributed by atoms with Gasteiger partial charge in [-0.3, -0.25) is 14.4 Å². The largest absolute Gasteiger partial charge is 0.462 e. The first-order chi connectivity index (χ1) is 40.0. The Labute approximate surface area is 508 Å². The highest BCUT2D eigenvalue weighted by Gasteiger charge is 2.20. The van der Waals surface area contributed by atoms with Crippen molar-refractivity contribution in [1.29, 1.82) is 0 Å². The molecule has 0 aromatic carbocycles. The SMILES string of the molecule is CCCCCCCCCCCCCCCCCCCCCCCCCCCCCCCCCC(=O)OCC(COC(=O)CCCCCCCC)OC(=O)CCCCCCCCCCCCCCCCCCCCCCCCCCCC. The molecule has 0 saturated heterocycles. The summed E-state index contributed by atoms with van der Waals surface area (Å²) in [4.78, 5) is 38.1. The Bertz CT molecular complexity index is 1220. The monoisotopic (exact) mass is 1140 g/mol. The van der Waals surface area contributed by atoms with Crippen LogP contribution in [-0.4, -0.2) is 37.2 Å². The zero-order chi connectivity index (χ0) is 58.5. The topological polar surface area (TPSA) is 78.9 Å². The van der Waals surface area contributed by atoms with E-state index in [0.717, 1.165) is 57.8 Å². The van der Waals surface area contributed by atoms with Crippen molar-refractivity contribution in [3.05, 3.63) is 0 Å². The van der Waals surface area contributed by atoms with Gasteiger partial charge in [-0.05, 0) is 19.3 Å². The summed E-state index contributed by atoms with van der Waals surface area (Å²) in [6, 6.07) is 0. The van der Waals surface area contributed by atoms with Crippen LogP contribution in [0.25, 0.3) is 0 Å². The van der Waals surface area contributed by atoms with Crippen molar-refractivity contribution in [3.63, 3.8) is 0 Å². The third kappa shape index (κ3) is 69.1. The molecule has 0 bridgehead atoms. The van der Waals surface area contributed by atoms with Gasteiger partial charge in [-0.25, -0.2) is 0 Å².